The molecule has 0 aromatic heterocycles. The van der Waals surface area contributed by atoms with Crippen LogP contribution in [-0.4, -0.2) is 7.05 Å². The summed E-state index contributed by atoms with van der Waals surface area (Å²) in [4.78, 5) is 0. The largest absolute Gasteiger partial charge is 0.313 e. The summed E-state index contributed by atoms with van der Waals surface area (Å²) in [6.07, 6.45) is 0. The molecule has 0 aliphatic heterocycles. The molecule has 0 saturated heterocycles. The third-order valence-electron chi connectivity index (χ3n) is 3.15. The second-order valence-electron chi connectivity index (χ2n) is 4.37. The Morgan fingerprint density at radius 1 is 1.11 bits per heavy atom. The highest BCUT2D eigenvalue weighted by Gasteiger charge is 2.13. The number of rotatable bonds is 3. The molecule has 0 saturated carbocycles. The third-order valence-corrected chi connectivity index (χ3v) is 3.44. The Morgan fingerprint density at radius 3 is 2.47 bits per heavy atom. The molecule has 19 heavy (non-hydrogen) atoms. The van der Waals surface area contributed by atoms with Crippen molar-refractivity contribution in [3.05, 3.63) is 58.6 Å². The fourth-order valence-electron chi connectivity index (χ4n) is 1.98. The van der Waals surface area contributed by atoms with Crippen molar-refractivity contribution in [3.8, 4) is 11.1 Å². The molecule has 1 unspecified atom stereocenters. The van der Waals surface area contributed by atoms with Gasteiger partial charge in [0.2, 0.25) is 0 Å². The molecule has 1 nitrogen and oxygen atoms in total. The second-order valence-corrected chi connectivity index (χ2v) is 4.78. The van der Waals surface area contributed by atoms with E-state index in [9.17, 15) is 8.78 Å². The monoisotopic (exact) mass is 281 g/mol. The van der Waals surface area contributed by atoms with E-state index in [4.69, 9.17) is 11.6 Å². The van der Waals surface area contributed by atoms with E-state index >= 15 is 0 Å². The third kappa shape index (κ3) is 2.94. The molecule has 0 amide bonds. The van der Waals surface area contributed by atoms with Crippen molar-refractivity contribution < 1.29 is 8.78 Å². The fourth-order valence-corrected chi connectivity index (χ4v) is 2.16. The molecular formula is C15H14ClF2N. The standard InChI is InChI=1S/C15H14ClF2N/c1-9(19-2)12-5-4-11(17)8-13(12)10-3-6-15(18)14(16)7-10/h3-9,19H,1-2H3. The van der Waals surface area contributed by atoms with Gasteiger partial charge in [-0.3, -0.25) is 0 Å². The molecule has 0 fully saturated rings. The Hall–Kier alpha value is -1.45. The van der Waals surface area contributed by atoms with E-state index in [2.05, 4.69) is 5.32 Å². The van der Waals surface area contributed by atoms with Crippen molar-refractivity contribution in [2.24, 2.45) is 0 Å². The summed E-state index contributed by atoms with van der Waals surface area (Å²) in [5, 5.41) is 3.14. The predicted octanol–water partition coefficient (Wildman–Crippen LogP) is 4.57. The summed E-state index contributed by atoms with van der Waals surface area (Å²) in [7, 11) is 1.83. The van der Waals surface area contributed by atoms with Crippen LogP contribution in [0.25, 0.3) is 11.1 Å². The quantitative estimate of drug-likeness (QED) is 0.869. The number of hydrogen-bond donors (Lipinski definition) is 1. The Bertz CT molecular complexity index is 599. The van der Waals surface area contributed by atoms with Gasteiger partial charge in [-0.05, 0) is 54.9 Å². The number of halogens is 3. The lowest BCUT2D eigenvalue weighted by Crippen LogP contribution is -2.13. The van der Waals surface area contributed by atoms with Crippen LogP contribution in [0.15, 0.2) is 36.4 Å². The van der Waals surface area contributed by atoms with Crippen LogP contribution < -0.4 is 5.32 Å². The SMILES string of the molecule is CNC(C)c1ccc(F)cc1-c1ccc(F)c(Cl)c1. The molecule has 0 radical (unpaired) electrons. The maximum atomic E-state index is 13.5. The van der Waals surface area contributed by atoms with Crippen LogP contribution in [-0.2, 0) is 0 Å². The number of hydrogen-bond acceptors (Lipinski definition) is 1. The van der Waals surface area contributed by atoms with Gasteiger partial charge in [-0.15, -0.1) is 0 Å². The minimum atomic E-state index is -0.481. The summed E-state index contributed by atoms with van der Waals surface area (Å²) >= 11 is 5.78. The first kappa shape index (κ1) is 14.0. The molecule has 2 aromatic carbocycles. The van der Waals surface area contributed by atoms with Crippen LogP contribution in [0.3, 0.4) is 0 Å². The predicted molar refractivity (Wildman–Crippen MR) is 74.3 cm³/mol. The molecule has 1 atom stereocenters. The van der Waals surface area contributed by atoms with Gasteiger partial charge in [0.15, 0.2) is 0 Å². The van der Waals surface area contributed by atoms with Gasteiger partial charge in [0.05, 0.1) is 5.02 Å². The zero-order valence-corrected chi connectivity index (χ0v) is 11.4. The van der Waals surface area contributed by atoms with Gasteiger partial charge in [-0.1, -0.05) is 23.7 Å². The molecule has 0 aliphatic carbocycles. The maximum absolute atomic E-state index is 13.5. The summed E-state index contributed by atoms with van der Waals surface area (Å²) in [6, 6.07) is 9.03. The van der Waals surface area contributed by atoms with Gasteiger partial charge >= 0.3 is 0 Å². The van der Waals surface area contributed by atoms with Crippen molar-refractivity contribution in [2.45, 2.75) is 13.0 Å². The van der Waals surface area contributed by atoms with Gasteiger partial charge in [-0.25, -0.2) is 8.78 Å². The van der Waals surface area contributed by atoms with Crippen LogP contribution in [0.4, 0.5) is 8.78 Å². The minimum absolute atomic E-state index is 0.0322. The van der Waals surface area contributed by atoms with Crippen molar-refractivity contribution in [2.75, 3.05) is 7.05 Å². The van der Waals surface area contributed by atoms with Crippen molar-refractivity contribution in [1.29, 1.82) is 0 Å². The maximum Gasteiger partial charge on any atom is 0.141 e. The van der Waals surface area contributed by atoms with Crippen LogP contribution in [0.5, 0.6) is 0 Å². The molecule has 0 spiro atoms. The highest BCUT2D eigenvalue weighted by Crippen LogP contribution is 2.31. The van der Waals surface area contributed by atoms with E-state index in [1.54, 1.807) is 12.1 Å². The molecule has 2 rings (SSSR count). The Balaban J connectivity index is 2.59. The lowest BCUT2D eigenvalue weighted by atomic mass is 9.95. The van der Waals surface area contributed by atoms with E-state index in [1.165, 1.54) is 24.3 Å². The molecule has 0 heterocycles. The molecule has 4 heteroatoms. The van der Waals surface area contributed by atoms with Crippen LogP contribution >= 0.6 is 11.6 Å². The van der Waals surface area contributed by atoms with Gasteiger partial charge in [0, 0.05) is 6.04 Å². The average molecular weight is 282 g/mol. The number of benzene rings is 2. The first-order valence-corrected chi connectivity index (χ1v) is 6.33. The van der Waals surface area contributed by atoms with Crippen molar-refractivity contribution in [3.63, 3.8) is 0 Å². The van der Waals surface area contributed by atoms with E-state index < -0.39 is 5.82 Å². The lowest BCUT2D eigenvalue weighted by molar-refractivity contribution is 0.620. The highest BCUT2D eigenvalue weighted by atomic mass is 35.5. The van der Waals surface area contributed by atoms with E-state index in [0.717, 1.165) is 5.56 Å². The normalized spacial score (nSPS) is 12.5. The van der Waals surface area contributed by atoms with E-state index in [1.807, 2.05) is 14.0 Å². The Kier molecular flexibility index (Phi) is 4.17. The van der Waals surface area contributed by atoms with Crippen molar-refractivity contribution >= 4 is 11.6 Å². The lowest BCUT2D eigenvalue weighted by Gasteiger charge is -2.16. The average Bonchev–Trinajstić information content (AvgIpc) is 2.41. The molecule has 0 bridgehead atoms. The second kappa shape index (κ2) is 5.68. The molecular weight excluding hydrogens is 268 g/mol. The Labute approximate surface area is 116 Å². The molecule has 100 valence electrons. The summed E-state index contributed by atoms with van der Waals surface area (Å²) in [6.45, 7) is 1.97. The van der Waals surface area contributed by atoms with Crippen LogP contribution in [0, 0.1) is 11.6 Å². The zero-order chi connectivity index (χ0) is 14.0. The topological polar surface area (TPSA) is 12.0 Å². The van der Waals surface area contributed by atoms with Gasteiger partial charge in [0.1, 0.15) is 11.6 Å². The van der Waals surface area contributed by atoms with Gasteiger partial charge < -0.3 is 5.32 Å². The zero-order valence-electron chi connectivity index (χ0n) is 10.7. The fraction of sp³-hybridized carbons (Fsp3) is 0.200. The van der Waals surface area contributed by atoms with E-state index in [-0.39, 0.29) is 16.9 Å². The van der Waals surface area contributed by atoms with Crippen LogP contribution in [0.2, 0.25) is 5.02 Å². The highest BCUT2D eigenvalue weighted by molar-refractivity contribution is 6.31. The molecule has 2 aromatic rings. The first-order chi connectivity index (χ1) is 9.02. The smallest absolute Gasteiger partial charge is 0.141 e. The Morgan fingerprint density at radius 2 is 1.84 bits per heavy atom. The summed E-state index contributed by atoms with van der Waals surface area (Å²) in [5.41, 5.74) is 2.35. The van der Waals surface area contributed by atoms with Gasteiger partial charge in [-0.2, -0.15) is 0 Å². The van der Waals surface area contributed by atoms with Gasteiger partial charge in [0.25, 0.3) is 0 Å². The first-order valence-electron chi connectivity index (χ1n) is 5.95. The summed E-state index contributed by atoms with van der Waals surface area (Å²) < 4.78 is 26.7. The van der Waals surface area contributed by atoms with Crippen LogP contribution in [0.1, 0.15) is 18.5 Å². The molecule has 1 N–H and O–H groups in total. The van der Waals surface area contributed by atoms with E-state index in [0.29, 0.717) is 11.1 Å². The molecule has 0 aliphatic rings. The van der Waals surface area contributed by atoms with Crippen molar-refractivity contribution in [1.82, 2.24) is 5.32 Å². The minimum Gasteiger partial charge on any atom is -0.313 e. The summed E-state index contributed by atoms with van der Waals surface area (Å²) in [5.74, 6) is -0.812. The number of nitrogens with one attached hydrogen (secondary N) is 1.